The summed E-state index contributed by atoms with van der Waals surface area (Å²) in [6, 6.07) is -0.0828. The molecule has 0 bridgehead atoms. The second-order valence-electron chi connectivity index (χ2n) is 4.30. The minimum Gasteiger partial charge on any atom is -0.330 e. The smallest absolute Gasteiger partial charge is 0.277 e. The van der Waals surface area contributed by atoms with Crippen LogP contribution >= 0.6 is 0 Å². The Morgan fingerprint density at radius 2 is 2.00 bits per heavy atom. The number of nitrogens with one attached hydrogen (secondary N) is 2. The molecule has 1 aliphatic rings. The number of rotatable bonds is 6. The topological polar surface area (TPSA) is 84.2 Å². The molecule has 6 heteroatoms. The van der Waals surface area contributed by atoms with Crippen molar-refractivity contribution in [3.05, 3.63) is 0 Å². The fourth-order valence-corrected chi connectivity index (χ4v) is 2.43. The van der Waals surface area contributed by atoms with E-state index >= 15 is 0 Å². The highest BCUT2D eigenvalue weighted by molar-refractivity contribution is 7.87. The molecule has 0 amide bonds. The van der Waals surface area contributed by atoms with Crippen LogP contribution in [0.2, 0.25) is 0 Å². The fraction of sp³-hybridized carbons (Fsp3) is 1.00. The van der Waals surface area contributed by atoms with Gasteiger partial charge in [-0.15, -0.1) is 0 Å². The van der Waals surface area contributed by atoms with Gasteiger partial charge in [0.2, 0.25) is 0 Å². The maximum Gasteiger partial charge on any atom is 0.277 e. The van der Waals surface area contributed by atoms with Crippen LogP contribution in [0.5, 0.6) is 0 Å². The summed E-state index contributed by atoms with van der Waals surface area (Å²) in [5.74, 6) is 0. The lowest BCUT2D eigenvalue weighted by molar-refractivity contribution is 0.492. The maximum atomic E-state index is 11.4. The Kier molecular flexibility index (Phi) is 3.52. The predicted molar refractivity (Wildman–Crippen MR) is 55.9 cm³/mol. The summed E-state index contributed by atoms with van der Waals surface area (Å²) in [4.78, 5) is 0. The van der Waals surface area contributed by atoms with Gasteiger partial charge in [-0.3, -0.25) is 0 Å². The molecule has 0 heterocycles. The highest BCUT2D eigenvalue weighted by Gasteiger charge is 2.41. The summed E-state index contributed by atoms with van der Waals surface area (Å²) >= 11 is 0. The molecule has 5 nitrogen and oxygen atoms in total. The Balaban J connectivity index is 2.37. The van der Waals surface area contributed by atoms with Crippen molar-refractivity contribution in [2.45, 2.75) is 32.7 Å². The third-order valence-corrected chi connectivity index (χ3v) is 3.72. The molecular weight excluding hydrogens is 202 g/mol. The highest BCUT2D eigenvalue weighted by atomic mass is 32.2. The molecule has 1 fully saturated rings. The molecular formula is C8H19N3O2S. The lowest BCUT2D eigenvalue weighted by Crippen LogP contribution is -2.43. The Labute approximate surface area is 85.6 Å². The Morgan fingerprint density at radius 3 is 2.36 bits per heavy atom. The van der Waals surface area contributed by atoms with Crippen molar-refractivity contribution in [2.75, 3.05) is 13.1 Å². The van der Waals surface area contributed by atoms with Crippen molar-refractivity contribution >= 4 is 10.2 Å². The van der Waals surface area contributed by atoms with Gasteiger partial charge in [0.05, 0.1) is 0 Å². The van der Waals surface area contributed by atoms with Crippen molar-refractivity contribution in [3.8, 4) is 0 Å². The summed E-state index contributed by atoms with van der Waals surface area (Å²) < 4.78 is 27.7. The zero-order chi connectivity index (χ0) is 10.8. The molecule has 0 aromatic heterocycles. The van der Waals surface area contributed by atoms with Gasteiger partial charge in [0.1, 0.15) is 0 Å². The van der Waals surface area contributed by atoms with E-state index in [1.807, 2.05) is 0 Å². The van der Waals surface area contributed by atoms with Crippen molar-refractivity contribution < 1.29 is 8.42 Å². The number of nitrogens with two attached hydrogens (primary N) is 1. The summed E-state index contributed by atoms with van der Waals surface area (Å²) in [5, 5.41) is 0. The molecule has 14 heavy (non-hydrogen) atoms. The Bertz CT molecular complexity index is 283. The third-order valence-electron chi connectivity index (χ3n) is 2.42. The summed E-state index contributed by atoms with van der Waals surface area (Å²) in [6.45, 7) is 4.58. The molecule has 4 N–H and O–H groups in total. The van der Waals surface area contributed by atoms with Crippen molar-refractivity contribution in [1.82, 2.24) is 9.44 Å². The molecule has 0 aromatic rings. The van der Waals surface area contributed by atoms with Crippen LogP contribution in [0.3, 0.4) is 0 Å². The van der Waals surface area contributed by atoms with Gasteiger partial charge in [-0.05, 0) is 38.6 Å². The summed E-state index contributed by atoms with van der Waals surface area (Å²) in [7, 11) is -3.34. The second-order valence-corrected chi connectivity index (χ2v) is 5.83. The van der Waals surface area contributed by atoms with Crippen LogP contribution in [0.25, 0.3) is 0 Å². The normalized spacial score (nSPS) is 20.0. The molecule has 84 valence electrons. The first-order valence-corrected chi connectivity index (χ1v) is 6.34. The standard InChI is InChI=1S/C8H19N3O2S/c1-7(2)11-14(12,13)10-6-8(5-9)3-4-8/h7,10-11H,3-6,9H2,1-2H3. The Hall–Kier alpha value is -0.170. The molecule has 0 spiro atoms. The molecule has 0 unspecified atom stereocenters. The molecule has 0 aliphatic heterocycles. The number of hydrogen-bond donors (Lipinski definition) is 3. The van der Waals surface area contributed by atoms with E-state index in [1.54, 1.807) is 13.8 Å². The van der Waals surface area contributed by atoms with Crippen LogP contribution in [0.1, 0.15) is 26.7 Å². The van der Waals surface area contributed by atoms with E-state index in [1.165, 1.54) is 0 Å². The third kappa shape index (κ3) is 3.53. The van der Waals surface area contributed by atoms with Gasteiger partial charge in [-0.1, -0.05) is 0 Å². The molecule has 0 atom stereocenters. The van der Waals surface area contributed by atoms with E-state index in [0.29, 0.717) is 13.1 Å². The average Bonchev–Trinajstić information content (AvgIpc) is 2.79. The molecule has 1 saturated carbocycles. The molecule has 1 rings (SSSR count). The first kappa shape index (κ1) is 11.9. The molecule has 1 aliphatic carbocycles. The SMILES string of the molecule is CC(C)NS(=O)(=O)NCC1(CN)CC1. The second kappa shape index (κ2) is 4.14. The molecule has 0 radical (unpaired) electrons. The minimum absolute atomic E-state index is 0.0335. The van der Waals surface area contributed by atoms with E-state index in [4.69, 9.17) is 5.73 Å². The predicted octanol–water partition coefficient (Wildman–Crippen LogP) is -0.442. The highest BCUT2D eigenvalue weighted by Crippen LogP contribution is 2.43. The van der Waals surface area contributed by atoms with E-state index in [-0.39, 0.29) is 11.5 Å². The molecule has 0 saturated heterocycles. The van der Waals surface area contributed by atoms with E-state index < -0.39 is 10.2 Å². The van der Waals surface area contributed by atoms with Gasteiger partial charge < -0.3 is 5.73 Å². The first-order chi connectivity index (χ1) is 6.39. The zero-order valence-corrected chi connectivity index (χ0v) is 9.52. The van der Waals surface area contributed by atoms with Gasteiger partial charge in [-0.2, -0.15) is 13.1 Å². The van der Waals surface area contributed by atoms with Crippen LogP contribution in [-0.2, 0) is 10.2 Å². The van der Waals surface area contributed by atoms with E-state index in [2.05, 4.69) is 9.44 Å². The Morgan fingerprint density at radius 1 is 1.43 bits per heavy atom. The van der Waals surface area contributed by atoms with Gasteiger partial charge in [0.25, 0.3) is 10.2 Å². The van der Waals surface area contributed by atoms with E-state index in [0.717, 1.165) is 12.8 Å². The quantitative estimate of drug-likeness (QED) is 0.568. The van der Waals surface area contributed by atoms with Gasteiger partial charge in [-0.25, -0.2) is 4.72 Å². The summed E-state index contributed by atoms with van der Waals surface area (Å²) in [5.41, 5.74) is 5.58. The van der Waals surface area contributed by atoms with Crippen molar-refractivity contribution in [2.24, 2.45) is 11.1 Å². The monoisotopic (exact) mass is 221 g/mol. The minimum atomic E-state index is -3.34. The number of hydrogen-bond acceptors (Lipinski definition) is 3. The van der Waals surface area contributed by atoms with Crippen molar-refractivity contribution in [1.29, 1.82) is 0 Å². The zero-order valence-electron chi connectivity index (χ0n) is 8.71. The van der Waals surface area contributed by atoms with E-state index in [9.17, 15) is 8.42 Å². The van der Waals surface area contributed by atoms with Crippen LogP contribution in [0, 0.1) is 5.41 Å². The largest absolute Gasteiger partial charge is 0.330 e. The molecule has 0 aromatic carbocycles. The van der Waals surface area contributed by atoms with Gasteiger partial charge in [0.15, 0.2) is 0 Å². The van der Waals surface area contributed by atoms with Crippen LogP contribution < -0.4 is 15.2 Å². The average molecular weight is 221 g/mol. The fourth-order valence-electron chi connectivity index (χ4n) is 1.23. The lowest BCUT2D eigenvalue weighted by atomic mass is 10.1. The summed E-state index contributed by atoms with van der Waals surface area (Å²) in [6.07, 6.45) is 2.04. The van der Waals surface area contributed by atoms with Crippen LogP contribution in [-0.4, -0.2) is 27.5 Å². The van der Waals surface area contributed by atoms with Crippen LogP contribution in [0.15, 0.2) is 0 Å². The van der Waals surface area contributed by atoms with Gasteiger partial charge >= 0.3 is 0 Å². The first-order valence-electron chi connectivity index (χ1n) is 4.86. The van der Waals surface area contributed by atoms with Gasteiger partial charge in [0, 0.05) is 12.6 Å². The maximum absolute atomic E-state index is 11.4. The van der Waals surface area contributed by atoms with Crippen molar-refractivity contribution in [3.63, 3.8) is 0 Å². The lowest BCUT2D eigenvalue weighted by Gasteiger charge is -2.15. The van der Waals surface area contributed by atoms with Crippen LogP contribution in [0.4, 0.5) is 0 Å².